The molecule has 2 aromatic rings. The minimum Gasteiger partial charge on any atom is -0.496 e. The number of aryl methyl sites for hydroxylation is 1. The summed E-state index contributed by atoms with van der Waals surface area (Å²) in [6.45, 7) is 2.04. The Morgan fingerprint density at radius 1 is 1.21 bits per heavy atom. The van der Waals surface area contributed by atoms with Gasteiger partial charge in [-0.05, 0) is 55.2 Å². The van der Waals surface area contributed by atoms with Gasteiger partial charge in [0.05, 0.1) is 12.0 Å². The van der Waals surface area contributed by atoms with Crippen LogP contribution in [0.1, 0.15) is 24.5 Å². The number of anilines is 1. The Kier molecular flexibility index (Phi) is 5.76. The normalized spacial score (nSPS) is 16.3. The van der Waals surface area contributed by atoms with Crippen LogP contribution < -0.4 is 9.64 Å². The molecule has 0 radical (unpaired) electrons. The lowest BCUT2D eigenvalue weighted by Gasteiger charge is -2.23. The summed E-state index contributed by atoms with van der Waals surface area (Å²) < 4.78 is 31.4. The van der Waals surface area contributed by atoms with Gasteiger partial charge >= 0.3 is 0 Å². The number of hydrogen-bond acceptors (Lipinski definition) is 4. The largest absolute Gasteiger partial charge is 0.496 e. The highest BCUT2D eigenvalue weighted by Crippen LogP contribution is 2.33. The number of para-hydroxylation sites is 1. The van der Waals surface area contributed by atoms with Gasteiger partial charge in [0.15, 0.2) is 0 Å². The first-order valence-corrected chi connectivity index (χ1v) is 10.7. The third kappa shape index (κ3) is 3.77. The average Bonchev–Trinajstić information content (AvgIpc) is 3.01. The second kappa shape index (κ2) is 7.93. The summed E-state index contributed by atoms with van der Waals surface area (Å²) in [6.07, 6.45) is 1.53. The molecule has 0 saturated heterocycles. The molecule has 28 heavy (non-hydrogen) atoms. The van der Waals surface area contributed by atoms with E-state index in [2.05, 4.69) is 6.07 Å². The third-order valence-electron chi connectivity index (χ3n) is 5.11. The molecule has 0 saturated carbocycles. The van der Waals surface area contributed by atoms with Gasteiger partial charge in [-0.3, -0.25) is 4.79 Å². The van der Waals surface area contributed by atoms with E-state index in [4.69, 9.17) is 4.74 Å². The summed E-state index contributed by atoms with van der Waals surface area (Å²) in [5.74, 6) is 0.612. The Morgan fingerprint density at radius 2 is 1.93 bits per heavy atom. The zero-order chi connectivity index (χ0) is 20.5. The van der Waals surface area contributed by atoms with Crippen LogP contribution in [0.4, 0.5) is 5.69 Å². The van der Waals surface area contributed by atoms with Gasteiger partial charge in [-0.15, -0.1) is 0 Å². The van der Waals surface area contributed by atoms with Crippen molar-refractivity contribution in [2.75, 3.05) is 26.1 Å². The van der Waals surface area contributed by atoms with Crippen LogP contribution in [0.5, 0.6) is 5.75 Å². The molecule has 1 unspecified atom stereocenters. The quantitative estimate of drug-likeness (QED) is 0.745. The predicted octanol–water partition coefficient (Wildman–Crippen LogP) is 2.86. The molecule has 0 aliphatic carbocycles. The number of ether oxygens (including phenoxy) is 1. The first kappa shape index (κ1) is 20.4. The second-order valence-corrected chi connectivity index (χ2v) is 9.36. The molecule has 1 aliphatic heterocycles. The first-order chi connectivity index (χ1) is 13.3. The molecule has 1 amide bonds. The van der Waals surface area contributed by atoms with Gasteiger partial charge in [0.25, 0.3) is 0 Å². The number of carbonyl (C=O) groups is 1. The van der Waals surface area contributed by atoms with Crippen LogP contribution in [0.3, 0.4) is 0 Å². The van der Waals surface area contributed by atoms with Gasteiger partial charge in [0.1, 0.15) is 5.75 Å². The molecule has 3 rings (SSSR count). The number of sulfonamides is 1. The van der Waals surface area contributed by atoms with Crippen LogP contribution in [0, 0.1) is 0 Å². The SMILES string of the molecule is COc1ccc(S(=O)(=O)N(C)C)cc1CCC(=O)N1c2ccccc2CC1C. The molecule has 150 valence electrons. The summed E-state index contributed by atoms with van der Waals surface area (Å²) in [4.78, 5) is 15.0. The minimum atomic E-state index is -3.54. The number of amides is 1. The van der Waals surface area contributed by atoms with Crippen molar-refractivity contribution in [1.29, 1.82) is 0 Å². The summed E-state index contributed by atoms with van der Waals surface area (Å²) >= 11 is 0. The molecule has 0 N–H and O–H groups in total. The molecule has 1 heterocycles. The van der Waals surface area contributed by atoms with Gasteiger partial charge in [-0.25, -0.2) is 12.7 Å². The Morgan fingerprint density at radius 3 is 2.61 bits per heavy atom. The van der Waals surface area contributed by atoms with Crippen molar-refractivity contribution in [3.05, 3.63) is 53.6 Å². The fourth-order valence-electron chi connectivity index (χ4n) is 3.63. The van der Waals surface area contributed by atoms with E-state index in [1.54, 1.807) is 19.2 Å². The van der Waals surface area contributed by atoms with Crippen LogP contribution in [0.15, 0.2) is 47.4 Å². The van der Waals surface area contributed by atoms with E-state index in [0.717, 1.165) is 12.1 Å². The Bertz CT molecular complexity index is 986. The summed E-state index contributed by atoms with van der Waals surface area (Å²) in [5.41, 5.74) is 2.86. The molecule has 0 bridgehead atoms. The number of methoxy groups -OCH3 is 1. The topological polar surface area (TPSA) is 66.9 Å². The lowest BCUT2D eigenvalue weighted by molar-refractivity contribution is -0.118. The maximum atomic E-state index is 12.9. The smallest absolute Gasteiger partial charge is 0.242 e. The number of nitrogens with zero attached hydrogens (tertiary/aromatic N) is 2. The molecule has 0 spiro atoms. The van der Waals surface area contributed by atoms with E-state index in [1.165, 1.54) is 30.0 Å². The number of fused-ring (bicyclic) bond motifs is 1. The average molecular weight is 403 g/mol. The molecule has 2 aromatic carbocycles. The molecule has 0 aromatic heterocycles. The van der Waals surface area contributed by atoms with Crippen LogP contribution in [-0.4, -0.2) is 45.9 Å². The maximum absolute atomic E-state index is 12.9. The fraction of sp³-hybridized carbons (Fsp3) is 0.381. The van der Waals surface area contributed by atoms with Gasteiger partial charge in [-0.2, -0.15) is 0 Å². The maximum Gasteiger partial charge on any atom is 0.242 e. The zero-order valence-corrected chi connectivity index (χ0v) is 17.5. The number of hydrogen-bond donors (Lipinski definition) is 0. The monoisotopic (exact) mass is 402 g/mol. The fourth-order valence-corrected chi connectivity index (χ4v) is 4.58. The van der Waals surface area contributed by atoms with Crippen molar-refractivity contribution in [1.82, 2.24) is 4.31 Å². The summed E-state index contributed by atoms with van der Waals surface area (Å²) in [5, 5.41) is 0. The van der Waals surface area contributed by atoms with Gasteiger partial charge < -0.3 is 9.64 Å². The Labute approximate surface area is 166 Å². The molecule has 7 heteroatoms. The number of rotatable bonds is 6. The van der Waals surface area contributed by atoms with Gasteiger partial charge in [0, 0.05) is 32.2 Å². The van der Waals surface area contributed by atoms with Crippen LogP contribution in [0.25, 0.3) is 0 Å². The van der Waals surface area contributed by atoms with E-state index < -0.39 is 10.0 Å². The van der Waals surface area contributed by atoms with Crippen molar-refractivity contribution in [2.45, 2.75) is 37.1 Å². The van der Waals surface area contributed by atoms with E-state index in [1.807, 2.05) is 30.0 Å². The van der Waals surface area contributed by atoms with Gasteiger partial charge in [-0.1, -0.05) is 18.2 Å². The molecular weight excluding hydrogens is 376 g/mol. The lowest BCUT2D eigenvalue weighted by Crippen LogP contribution is -2.35. The molecule has 1 aliphatic rings. The van der Waals surface area contributed by atoms with Crippen molar-refractivity contribution in [2.24, 2.45) is 0 Å². The van der Waals surface area contributed by atoms with Crippen molar-refractivity contribution >= 4 is 21.6 Å². The second-order valence-electron chi connectivity index (χ2n) is 7.21. The molecule has 6 nitrogen and oxygen atoms in total. The van der Waals surface area contributed by atoms with Crippen molar-refractivity contribution in [3.63, 3.8) is 0 Å². The predicted molar refractivity (Wildman–Crippen MR) is 109 cm³/mol. The van der Waals surface area contributed by atoms with E-state index >= 15 is 0 Å². The van der Waals surface area contributed by atoms with Crippen LogP contribution in [-0.2, 0) is 27.7 Å². The summed E-state index contributed by atoms with van der Waals surface area (Å²) in [7, 11) is 0.986. The molecule has 0 fully saturated rings. The summed E-state index contributed by atoms with van der Waals surface area (Å²) in [6, 6.07) is 12.8. The van der Waals surface area contributed by atoms with Crippen LogP contribution in [0.2, 0.25) is 0 Å². The van der Waals surface area contributed by atoms with E-state index in [-0.39, 0.29) is 23.3 Å². The van der Waals surface area contributed by atoms with Crippen LogP contribution >= 0.6 is 0 Å². The standard InChI is InChI=1S/C21H26N2O4S/c1-15-13-16-7-5-6-8-19(16)23(15)21(24)12-9-17-14-18(10-11-20(17)27-4)28(25,26)22(2)3/h5-8,10-11,14-15H,9,12-13H2,1-4H3. The highest BCUT2D eigenvalue weighted by atomic mass is 32.2. The number of carbonyl (C=O) groups excluding carboxylic acids is 1. The highest BCUT2D eigenvalue weighted by molar-refractivity contribution is 7.89. The molecular formula is C21H26N2O4S. The Balaban J connectivity index is 1.81. The number of benzene rings is 2. The Hall–Kier alpha value is -2.38. The molecule has 1 atom stereocenters. The van der Waals surface area contributed by atoms with Crippen molar-refractivity contribution < 1.29 is 17.9 Å². The lowest BCUT2D eigenvalue weighted by atomic mass is 10.1. The van der Waals surface area contributed by atoms with E-state index in [0.29, 0.717) is 17.7 Å². The van der Waals surface area contributed by atoms with Crippen molar-refractivity contribution in [3.8, 4) is 5.75 Å². The third-order valence-corrected chi connectivity index (χ3v) is 6.93. The first-order valence-electron chi connectivity index (χ1n) is 9.25. The van der Waals surface area contributed by atoms with E-state index in [9.17, 15) is 13.2 Å². The minimum absolute atomic E-state index is 0.0281. The van der Waals surface area contributed by atoms with Gasteiger partial charge in [0.2, 0.25) is 15.9 Å². The zero-order valence-electron chi connectivity index (χ0n) is 16.7. The highest BCUT2D eigenvalue weighted by Gasteiger charge is 2.30.